The van der Waals surface area contributed by atoms with Crippen LogP contribution in [0.2, 0.25) is 0 Å². The van der Waals surface area contributed by atoms with Crippen LogP contribution in [0.4, 0.5) is 5.69 Å². The molecule has 0 unspecified atom stereocenters. The minimum atomic E-state index is -0.442. The fourth-order valence-corrected chi connectivity index (χ4v) is 3.19. The molecular formula is C19H16N6O2S2. The van der Waals surface area contributed by atoms with E-state index in [1.54, 1.807) is 30.6 Å². The summed E-state index contributed by atoms with van der Waals surface area (Å²) in [5.74, 6) is 0. The van der Waals surface area contributed by atoms with Gasteiger partial charge in [0.25, 0.3) is 5.69 Å². The van der Waals surface area contributed by atoms with Gasteiger partial charge in [-0.3, -0.25) is 15.5 Å². The minimum absolute atomic E-state index is 0.0452. The fraction of sp³-hybridized carbons (Fsp3) is 0.0526. The van der Waals surface area contributed by atoms with Crippen molar-refractivity contribution >= 4 is 41.0 Å². The Balaban J connectivity index is 1.60. The third-order valence-electron chi connectivity index (χ3n) is 3.60. The number of hydrogen-bond acceptors (Lipinski definition) is 7. The summed E-state index contributed by atoms with van der Waals surface area (Å²) in [7, 11) is 0. The first kappa shape index (κ1) is 20.4. The van der Waals surface area contributed by atoms with Crippen LogP contribution in [0.3, 0.4) is 0 Å². The summed E-state index contributed by atoms with van der Waals surface area (Å²) in [5, 5.41) is 19.3. The average molecular weight is 425 g/mol. The number of nitro groups is 1. The van der Waals surface area contributed by atoms with E-state index in [1.807, 2.05) is 30.3 Å². The van der Waals surface area contributed by atoms with E-state index in [9.17, 15) is 10.1 Å². The SMILES string of the molecule is O=[N+]([O-])c1cc(/C=N/NC(=S)NCc2ccccc2)ccc1Sc1ncccn1. The highest BCUT2D eigenvalue weighted by Crippen LogP contribution is 2.33. The summed E-state index contributed by atoms with van der Waals surface area (Å²) >= 11 is 6.30. The molecule has 29 heavy (non-hydrogen) atoms. The Labute approximate surface area is 176 Å². The highest BCUT2D eigenvalue weighted by Gasteiger charge is 2.16. The Kier molecular flexibility index (Phi) is 7.20. The lowest BCUT2D eigenvalue weighted by molar-refractivity contribution is -0.387. The maximum atomic E-state index is 11.4. The maximum Gasteiger partial charge on any atom is 0.283 e. The van der Waals surface area contributed by atoms with Crippen LogP contribution in [-0.2, 0) is 6.54 Å². The van der Waals surface area contributed by atoms with E-state index in [0.29, 0.717) is 27.3 Å². The van der Waals surface area contributed by atoms with Crippen molar-refractivity contribution < 1.29 is 4.92 Å². The second-order valence-corrected chi connectivity index (χ2v) is 7.07. The molecule has 2 N–H and O–H groups in total. The molecule has 0 bridgehead atoms. The topological polar surface area (TPSA) is 105 Å². The number of nitro benzene ring substituents is 1. The van der Waals surface area contributed by atoms with Gasteiger partial charge in [0.1, 0.15) is 0 Å². The van der Waals surface area contributed by atoms with Gasteiger partial charge in [0.2, 0.25) is 0 Å². The van der Waals surface area contributed by atoms with Crippen LogP contribution in [0, 0.1) is 10.1 Å². The first-order valence-corrected chi connectivity index (χ1v) is 9.68. The van der Waals surface area contributed by atoms with Crippen molar-refractivity contribution in [3.63, 3.8) is 0 Å². The zero-order valence-electron chi connectivity index (χ0n) is 15.1. The molecule has 2 aromatic carbocycles. The molecule has 8 nitrogen and oxygen atoms in total. The normalized spacial score (nSPS) is 10.6. The predicted octanol–water partition coefficient (Wildman–Crippen LogP) is 3.53. The first-order valence-electron chi connectivity index (χ1n) is 8.46. The summed E-state index contributed by atoms with van der Waals surface area (Å²) in [5.41, 5.74) is 4.31. The molecule has 0 aliphatic rings. The summed E-state index contributed by atoms with van der Waals surface area (Å²) in [6.45, 7) is 0.571. The van der Waals surface area contributed by atoms with Crippen molar-refractivity contribution in [2.75, 3.05) is 0 Å². The van der Waals surface area contributed by atoms with Crippen molar-refractivity contribution in [3.05, 3.63) is 88.2 Å². The van der Waals surface area contributed by atoms with Gasteiger partial charge in [-0.1, -0.05) is 36.4 Å². The Morgan fingerprint density at radius 1 is 1.17 bits per heavy atom. The van der Waals surface area contributed by atoms with Gasteiger partial charge in [-0.25, -0.2) is 9.97 Å². The third-order valence-corrected chi connectivity index (χ3v) is 4.79. The van der Waals surface area contributed by atoms with Crippen LogP contribution in [0.1, 0.15) is 11.1 Å². The fourth-order valence-electron chi connectivity index (χ4n) is 2.26. The molecule has 0 radical (unpaired) electrons. The zero-order chi connectivity index (χ0) is 20.5. The lowest BCUT2D eigenvalue weighted by Crippen LogP contribution is -2.31. The van der Waals surface area contributed by atoms with Crippen LogP contribution in [0.25, 0.3) is 0 Å². The molecule has 0 spiro atoms. The number of hydrogen-bond donors (Lipinski definition) is 2. The molecule has 1 heterocycles. The van der Waals surface area contributed by atoms with Gasteiger partial charge in [0.15, 0.2) is 10.3 Å². The molecule has 10 heteroatoms. The molecule has 0 atom stereocenters. The summed E-state index contributed by atoms with van der Waals surface area (Å²) in [6.07, 6.45) is 4.64. The summed E-state index contributed by atoms with van der Waals surface area (Å²) in [6, 6.07) is 16.3. The van der Waals surface area contributed by atoms with E-state index in [1.165, 1.54) is 12.3 Å². The Bertz CT molecular complexity index is 1020. The minimum Gasteiger partial charge on any atom is -0.357 e. The summed E-state index contributed by atoms with van der Waals surface area (Å²) in [4.78, 5) is 19.6. The zero-order valence-corrected chi connectivity index (χ0v) is 16.7. The van der Waals surface area contributed by atoms with Gasteiger partial charge in [-0.2, -0.15) is 5.10 Å². The molecule has 0 amide bonds. The Morgan fingerprint density at radius 3 is 2.66 bits per heavy atom. The number of nitrogens with zero attached hydrogens (tertiary/aromatic N) is 4. The maximum absolute atomic E-state index is 11.4. The van der Waals surface area contributed by atoms with Gasteiger partial charge in [-0.15, -0.1) is 0 Å². The van der Waals surface area contributed by atoms with Crippen molar-refractivity contribution in [1.29, 1.82) is 0 Å². The number of thiocarbonyl (C=S) groups is 1. The lowest BCUT2D eigenvalue weighted by atomic mass is 10.2. The molecule has 1 aromatic heterocycles. The Hall–Kier alpha value is -3.37. The van der Waals surface area contributed by atoms with Gasteiger partial charge in [-0.05, 0) is 41.7 Å². The van der Waals surface area contributed by atoms with Gasteiger partial charge in [0, 0.05) is 30.6 Å². The molecular weight excluding hydrogens is 408 g/mol. The number of rotatable bonds is 7. The highest BCUT2D eigenvalue weighted by atomic mass is 32.2. The predicted molar refractivity (Wildman–Crippen MR) is 116 cm³/mol. The van der Waals surface area contributed by atoms with Crippen LogP contribution in [-0.4, -0.2) is 26.2 Å². The molecule has 0 aliphatic heterocycles. The van der Waals surface area contributed by atoms with E-state index in [2.05, 4.69) is 25.8 Å². The second-order valence-electron chi connectivity index (χ2n) is 5.66. The quantitative estimate of drug-likeness (QED) is 0.195. The van der Waals surface area contributed by atoms with Gasteiger partial charge < -0.3 is 5.32 Å². The van der Waals surface area contributed by atoms with E-state index < -0.39 is 4.92 Å². The number of benzene rings is 2. The summed E-state index contributed by atoms with van der Waals surface area (Å²) < 4.78 is 0. The van der Waals surface area contributed by atoms with Crippen LogP contribution in [0.5, 0.6) is 0 Å². The van der Waals surface area contributed by atoms with E-state index in [4.69, 9.17) is 12.2 Å². The second kappa shape index (κ2) is 10.2. The number of nitrogens with one attached hydrogen (secondary N) is 2. The third kappa shape index (κ3) is 6.33. The first-order chi connectivity index (χ1) is 14.1. The van der Waals surface area contributed by atoms with E-state index in [-0.39, 0.29) is 5.69 Å². The molecule has 146 valence electrons. The van der Waals surface area contributed by atoms with Crippen LogP contribution < -0.4 is 10.7 Å². The number of hydrazone groups is 1. The van der Waals surface area contributed by atoms with Crippen molar-refractivity contribution in [2.24, 2.45) is 5.10 Å². The van der Waals surface area contributed by atoms with Crippen molar-refractivity contribution in [2.45, 2.75) is 16.6 Å². The smallest absolute Gasteiger partial charge is 0.283 e. The molecule has 3 aromatic rings. The van der Waals surface area contributed by atoms with Crippen LogP contribution >= 0.6 is 24.0 Å². The molecule has 0 saturated carbocycles. The average Bonchev–Trinajstić information content (AvgIpc) is 2.74. The van der Waals surface area contributed by atoms with E-state index in [0.717, 1.165) is 17.3 Å². The molecule has 3 rings (SSSR count). The lowest BCUT2D eigenvalue weighted by Gasteiger charge is -2.07. The highest BCUT2D eigenvalue weighted by molar-refractivity contribution is 7.99. The Morgan fingerprint density at radius 2 is 1.93 bits per heavy atom. The number of aromatic nitrogens is 2. The standard InChI is InChI=1S/C19H16N6O2S2/c26-25(27)16-11-15(7-8-17(16)29-19-20-9-4-10-21-19)13-23-24-18(28)22-12-14-5-2-1-3-6-14/h1-11,13H,12H2,(H2,22,24,28)/b23-13+. The molecule has 0 fully saturated rings. The molecule has 0 aliphatic carbocycles. The van der Waals surface area contributed by atoms with Crippen molar-refractivity contribution in [1.82, 2.24) is 20.7 Å². The van der Waals surface area contributed by atoms with Crippen LogP contribution in [0.15, 0.2) is 82.1 Å². The molecule has 0 saturated heterocycles. The largest absolute Gasteiger partial charge is 0.357 e. The van der Waals surface area contributed by atoms with Crippen molar-refractivity contribution in [3.8, 4) is 0 Å². The van der Waals surface area contributed by atoms with Gasteiger partial charge >= 0.3 is 0 Å². The van der Waals surface area contributed by atoms with Gasteiger partial charge in [0.05, 0.1) is 16.0 Å². The van der Waals surface area contributed by atoms with E-state index >= 15 is 0 Å². The monoisotopic (exact) mass is 424 g/mol.